The van der Waals surface area contributed by atoms with Crippen molar-refractivity contribution in [3.63, 3.8) is 0 Å². The van der Waals surface area contributed by atoms with E-state index in [1.807, 2.05) is 23.1 Å². The molecule has 1 amide bonds. The molecule has 0 aromatic heterocycles. The van der Waals surface area contributed by atoms with Crippen LogP contribution < -0.4 is 10.1 Å². The number of ether oxygens (including phenoxy) is 1. The molecule has 2 aliphatic heterocycles. The van der Waals surface area contributed by atoms with Crippen molar-refractivity contribution in [1.82, 2.24) is 10.2 Å². The van der Waals surface area contributed by atoms with E-state index in [0.717, 1.165) is 48.6 Å². The van der Waals surface area contributed by atoms with Crippen LogP contribution >= 0.6 is 28.3 Å². The highest BCUT2D eigenvalue weighted by atomic mass is 79.9. The first-order chi connectivity index (χ1) is 10.7. The van der Waals surface area contributed by atoms with Crippen LogP contribution in [0.2, 0.25) is 0 Å². The zero-order valence-electron chi connectivity index (χ0n) is 13.4. The lowest BCUT2D eigenvalue weighted by Gasteiger charge is -2.35. The molecular weight excluding hydrogens is 380 g/mol. The highest BCUT2D eigenvalue weighted by molar-refractivity contribution is 9.10. The molecule has 6 heteroatoms. The molecule has 23 heavy (non-hydrogen) atoms. The fourth-order valence-corrected chi connectivity index (χ4v) is 4.00. The summed E-state index contributed by atoms with van der Waals surface area (Å²) in [6.45, 7) is 2.86. The van der Waals surface area contributed by atoms with Gasteiger partial charge in [-0.1, -0.05) is 0 Å². The second kappa shape index (κ2) is 8.36. The van der Waals surface area contributed by atoms with Crippen LogP contribution in [-0.4, -0.2) is 43.6 Å². The Morgan fingerprint density at radius 1 is 1.30 bits per heavy atom. The second-order valence-electron chi connectivity index (χ2n) is 6.18. The lowest BCUT2D eigenvalue weighted by Crippen LogP contribution is -2.43. The molecule has 1 aromatic rings. The van der Waals surface area contributed by atoms with Gasteiger partial charge >= 0.3 is 0 Å². The first-order valence-corrected chi connectivity index (χ1v) is 8.84. The molecule has 2 aliphatic rings. The molecule has 1 atom stereocenters. The van der Waals surface area contributed by atoms with Gasteiger partial charge in [-0.2, -0.15) is 0 Å². The van der Waals surface area contributed by atoms with E-state index >= 15 is 0 Å². The van der Waals surface area contributed by atoms with Gasteiger partial charge in [-0.05, 0) is 72.3 Å². The van der Waals surface area contributed by atoms with E-state index in [2.05, 4.69) is 21.2 Å². The van der Waals surface area contributed by atoms with Crippen LogP contribution in [-0.2, 0) is 0 Å². The summed E-state index contributed by atoms with van der Waals surface area (Å²) in [7, 11) is 1.62. The SMILES string of the molecule is COc1ccc(Br)c(C(=O)N2CCC(C3CCCN3)CC2)c1.Cl. The van der Waals surface area contributed by atoms with Gasteiger partial charge < -0.3 is 15.0 Å². The topological polar surface area (TPSA) is 41.6 Å². The summed E-state index contributed by atoms with van der Waals surface area (Å²) in [5.74, 6) is 1.54. The third-order valence-electron chi connectivity index (χ3n) is 4.90. The summed E-state index contributed by atoms with van der Waals surface area (Å²) in [5, 5.41) is 3.60. The summed E-state index contributed by atoms with van der Waals surface area (Å²) in [6, 6.07) is 6.22. The van der Waals surface area contributed by atoms with Gasteiger partial charge in [-0.25, -0.2) is 0 Å². The molecule has 3 rings (SSSR count). The fourth-order valence-electron chi connectivity index (χ4n) is 3.58. The minimum absolute atomic E-state index is 0. The number of methoxy groups -OCH3 is 1. The van der Waals surface area contributed by atoms with E-state index < -0.39 is 0 Å². The van der Waals surface area contributed by atoms with Gasteiger partial charge in [0.2, 0.25) is 0 Å². The molecule has 0 radical (unpaired) electrons. The maximum absolute atomic E-state index is 12.7. The van der Waals surface area contributed by atoms with Gasteiger partial charge in [-0.3, -0.25) is 4.79 Å². The van der Waals surface area contributed by atoms with Gasteiger partial charge in [0.25, 0.3) is 5.91 Å². The van der Waals surface area contributed by atoms with E-state index in [4.69, 9.17) is 4.74 Å². The monoisotopic (exact) mass is 402 g/mol. The highest BCUT2D eigenvalue weighted by Crippen LogP contribution is 2.28. The molecule has 0 bridgehead atoms. The molecule has 0 saturated carbocycles. The summed E-state index contributed by atoms with van der Waals surface area (Å²) >= 11 is 3.48. The molecule has 0 spiro atoms. The van der Waals surface area contributed by atoms with Gasteiger partial charge in [0, 0.05) is 23.6 Å². The van der Waals surface area contributed by atoms with Crippen molar-refractivity contribution in [3.8, 4) is 5.75 Å². The molecule has 2 fully saturated rings. The smallest absolute Gasteiger partial charge is 0.255 e. The van der Waals surface area contributed by atoms with E-state index in [0.29, 0.717) is 11.6 Å². The Morgan fingerprint density at radius 2 is 2.04 bits per heavy atom. The lowest BCUT2D eigenvalue weighted by atomic mass is 9.88. The quantitative estimate of drug-likeness (QED) is 0.840. The number of nitrogens with zero attached hydrogens (tertiary/aromatic N) is 1. The molecule has 0 aliphatic carbocycles. The number of carbonyl (C=O) groups excluding carboxylic acids is 1. The molecule has 2 saturated heterocycles. The van der Waals surface area contributed by atoms with Crippen LogP contribution in [0.5, 0.6) is 5.75 Å². The average Bonchev–Trinajstić information content (AvgIpc) is 3.09. The third kappa shape index (κ3) is 4.20. The number of hydrogen-bond acceptors (Lipinski definition) is 3. The van der Waals surface area contributed by atoms with E-state index in [1.54, 1.807) is 7.11 Å². The van der Waals surface area contributed by atoms with Crippen molar-refractivity contribution < 1.29 is 9.53 Å². The van der Waals surface area contributed by atoms with Crippen molar-refractivity contribution in [2.75, 3.05) is 26.7 Å². The molecule has 1 unspecified atom stereocenters. The maximum atomic E-state index is 12.7. The van der Waals surface area contributed by atoms with Crippen LogP contribution in [0.4, 0.5) is 0 Å². The Balaban J connectivity index is 0.00000192. The Morgan fingerprint density at radius 3 is 2.65 bits per heavy atom. The number of benzene rings is 1. The van der Waals surface area contributed by atoms with Crippen molar-refractivity contribution >= 4 is 34.2 Å². The number of hydrogen-bond donors (Lipinski definition) is 1. The number of likely N-dealkylation sites (tertiary alicyclic amines) is 1. The molecule has 1 N–H and O–H groups in total. The predicted molar refractivity (Wildman–Crippen MR) is 97.6 cm³/mol. The normalized spacial score (nSPS) is 21.8. The standard InChI is InChI=1S/C17H23BrN2O2.ClH/c1-22-13-4-5-15(18)14(11-13)17(21)20-9-6-12(7-10-20)16-3-2-8-19-16;/h4-5,11-12,16,19H,2-3,6-10H2,1H3;1H. The van der Waals surface area contributed by atoms with Gasteiger partial charge in [0.05, 0.1) is 12.7 Å². The van der Waals surface area contributed by atoms with Crippen LogP contribution in [0.3, 0.4) is 0 Å². The minimum atomic E-state index is 0. The largest absolute Gasteiger partial charge is 0.497 e. The molecule has 4 nitrogen and oxygen atoms in total. The number of carbonyl (C=O) groups is 1. The molecule has 2 heterocycles. The fraction of sp³-hybridized carbons (Fsp3) is 0.588. The number of nitrogens with one attached hydrogen (secondary N) is 1. The number of rotatable bonds is 3. The van der Waals surface area contributed by atoms with Gasteiger partial charge in [0.15, 0.2) is 0 Å². The summed E-state index contributed by atoms with van der Waals surface area (Å²) in [6.07, 6.45) is 4.79. The number of piperidine rings is 1. The first-order valence-electron chi connectivity index (χ1n) is 8.05. The molecule has 128 valence electrons. The average molecular weight is 404 g/mol. The van der Waals surface area contributed by atoms with Crippen LogP contribution in [0.25, 0.3) is 0 Å². The van der Waals surface area contributed by atoms with Crippen LogP contribution in [0, 0.1) is 5.92 Å². The Hall–Kier alpha value is -0.780. The summed E-state index contributed by atoms with van der Waals surface area (Å²) in [4.78, 5) is 14.7. The van der Waals surface area contributed by atoms with E-state index in [1.165, 1.54) is 12.8 Å². The zero-order valence-corrected chi connectivity index (χ0v) is 15.8. The Bertz CT molecular complexity index is 541. The summed E-state index contributed by atoms with van der Waals surface area (Å²) < 4.78 is 6.06. The lowest BCUT2D eigenvalue weighted by molar-refractivity contribution is 0.0673. The minimum Gasteiger partial charge on any atom is -0.497 e. The van der Waals surface area contributed by atoms with Crippen molar-refractivity contribution in [3.05, 3.63) is 28.2 Å². The zero-order chi connectivity index (χ0) is 15.5. The Kier molecular flexibility index (Phi) is 6.74. The number of halogens is 2. The van der Waals surface area contributed by atoms with Gasteiger partial charge in [-0.15, -0.1) is 12.4 Å². The van der Waals surface area contributed by atoms with Crippen molar-refractivity contribution in [2.45, 2.75) is 31.7 Å². The van der Waals surface area contributed by atoms with Crippen LogP contribution in [0.15, 0.2) is 22.7 Å². The van der Waals surface area contributed by atoms with Gasteiger partial charge in [0.1, 0.15) is 5.75 Å². The first kappa shape index (κ1) is 18.6. The second-order valence-corrected chi connectivity index (χ2v) is 7.03. The Labute approximate surface area is 152 Å². The number of amides is 1. The molecule has 1 aromatic carbocycles. The highest BCUT2D eigenvalue weighted by Gasteiger charge is 2.30. The summed E-state index contributed by atoms with van der Waals surface area (Å²) in [5.41, 5.74) is 0.691. The van der Waals surface area contributed by atoms with E-state index in [9.17, 15) is 4.79 Å². The third-order valence-corrected chi connectivity index (χ3v) is 5.59. The van der Waals surface area contributed by atoms with Crippen molar-refractivity contribution in [2.24, 2.45) is 5.92 Å². The van der Waals surface area contributed by atoms with E-state index in [-0.39, 0.29) is 18.3 Å². The van der Waals surface area contributed by atoms with Crippen LogP contribution in [0.1, 0.15) is 36.0 Å². The predicted octanol–water partition coefficient (Wildman–Crippen LogP) is 3.48. The maximum Gasteiger partial charge on any atom is 0.255 e. The van der Waals surface area contributed by atoms with Crippen molar-refractivity contribution in [1.29, 1.82) is 0 Å². The molecular formula is C17H24BrClN2O2.